The monoisotopic (exact) mass is 505 g/mol. The minimum Gasteiger partial charge on any atom is -0.455 e. The van der Waals surface area contributed by atoms with Gasteiger partial charge in [0.2, 0.25) is 0 Å². The van der Waals surface area contributed by atoms with Crippen LogP contribution in [-0.4, -0.2) is 0 Å². The Kier molecular flexibility index (Phi) is 2.58. The predicted molar refractivity (Wildman–Crippen MR) is 165 cm³/mol. The fourth-order valence-electron chi connectivity index (χ4n) is 5.91. The molecule has 39 heavy (non-hydrogen) atoms. The molecule has 1 heteroatoms. The van der Waals surface area contributed by atoms with Gasteiger partial charge in [0.25, 0.3) is 0 Å². The molecule has 0 fully saturated rings. The number of hydrogen-bond acceptors (Lipinski definition) is 1. The number of fused-ring (bicyclic) bond motifs is 8. The van der Waals surface area contributed by atoms with Gasteiger partial charge in [-0.3, -0.25) is 0 Å². The van der Waals surface area contributed by atoms with E-state index in [1.807, 2.05) is 54.6 Å². The summed E-state index contributed by atoms with van der Waals surface area (Å²) in [5, 5.41) is 2.64. The Morgan fingerprint density at radius 1 is 0.462 bits per heavy atom. The van der Waals surface area contributed by atoms with Gasteiger partial charge in [0, 0.05) is 16.3 Å². The fourth-order valence-corrected chi connectivity index (χ4v) is 5.91. The van der Waals surface area contributed by atoms with Crippen LogP contribution in [0.3, 0.4) is 0 Å². The van der Waals surface area contributed by atoms with E-state index in [-0.39, 0.29) is 37.9 Å². The van der Waals surface area contributed by atoms with Crippen molar-refractivity contribution in [1.29, 1.82) is 0 Å². The quantitative estimate of drug-likeness (QED) is 0.159. The molecule has 0 saturated carbocycles. The molecule has 180 valence electrons. The van der Waals surface area contributed by atoms with Gasteiger partial charge in [-0.05, 0) is 84.0 Å². The lowest BCUT2D eigenvalue weighted by atomic mass is 9.85. The molecule has 0 N–H and O–H groups in total. The van der Waals surface area contributed by atoms with Crippen LogP contribution in [0.15, 0.2) is 133 Å². The Labute approximate surface area is 241 Å². The van der Waals surface area contributed by atoms with Crippen LogP contribution < -0.4 is 4.74 Å². The highest BCUT2D eigenvalue weighted by Gasteiger charge is 2.24. The highest BCUT2D eigenvalue weighted by atomic mass is 16.5. The van der Waals surface area contributed by atoms with E-state index in [1.165, 1.54) is 0 Å². The van der Waals surface area contributed by atoms with Crippen molar-refractivity contribution in [2.24, 2.45) is 0 Å². The third-order valence-corrected chi connectivity index (χ3v) is 7.59. The zero-order valence-corrected chi connectivity index (χ0v) is 20.3. The smallest absolute Gasteiger partial charge is 0.143 e. The number of ether oxygens (including phenoxy) is 1. The van der Waals surface area contributed by atoms with Gasteiger partial charge in [0.05, 0.1) is 15.1 Å². The summed E-state index contributed by atoms with van der Waals surface area (Å²) >= 11 is 0. The molecule has 8 aromatic rings. The largest absolute Gasteiger partial charge is 0.455 e. The Hall–Kier alpha value is -5.14. The van der Waals surface area contributed by atoms with Gasteiger partial charge in [-0.25, -0.2) is 0 Å². The summed E-state index contributed by atoms with van der Waals surface area (Å²) in [6.07, 6.45) is 0. The van der Waals surface area contributed by atoms with Gasteiger partial charge in [0.15, 0.2) is 0 Å². The van der Waals surface area contributed by atoms with E-state index >= 15 is 0 Å². The number of hydrogen-bond donors (Lipinski definition) is 0. The zero-order chi connectivity index (χ0) is 35.1. The Bertz CT molecular complexity index is 2920. The molecule has 9 rings (SSSR count). The van der Waals surface area contributed by atoms with Crippen molar-refractivity contribution >= 4 is 53.9 Å². The highest BCUT2D eigenvalue weighted by molar-refractivity contribution is 6.23. The molecule has 0 unspecified atom stereocenters. The first-order chi connectivity index (χ1) is 23.9. The van der Waals surface area contributed by atoms with Gasteiger partial charge in [0.1, 0.15) is 11.5 Å². The number of benzene rings is 8. The van der Waals surface area contributed by atoms with Crippen LogP contribution in [0, 0.1) is 0 Å². The first-order valence-electron chi connectivity index (χ1n) is 18.1. The first kappa shape index (κ1) is 13.1. The van der Waals surface area contributed by atoms with Crippen molar-refractivity contribution in [3.05, 3.63) is 133 Å². The summed E-state index contributed by atoms with van der Waals surface area (Å²) in [4.78, 5) is 0. The van der Waals surface area contributed by atoms with Crippen LogP contribution in [-0.2, 0) is 0 Å². The van der Waals surface area contributed by atoms with E-state index in [9.17, 15) is 2.74 Å². The van der Waals surface area contributed by atoms with Crippen LogP contribution >= 0.6 is 0 Å². The average molecular weight is 506 g/mol. The summed E-state index contributed by atoms with van der Waals surface area (Å²) in [7, 11) is 0. The van der Waals surface area contributed by atoms with Crippen LogP contribution in [0.2, 0.25) is 0 Å². The first-order valence-corrected chi connectivity index (χ1v) is 12.6. The standard InChI is InChI=1S/C38H22O/c1-4-11-26-23(8-1)16-18-32-34(26)22-25-10-3-5-12-27(25)36(32)31-20-21-35-37-29(31)14-7-15-30(37)33-19-17-24-9-2-6-13-28(24)38(33)39-35/h1-22H/i1D,3D,4D,5D,8D,10D,11D,12D,16D,18D,22D. The Balaban J connectivity index is 1.54. The van der Waals surface area contributed by atoms with Crippen LogP contribution in [0.1, 0.15) is 15.1 Å². The molecular formula is C38H22O. The van der Waals surface area contributed by atoms with E-state index in [4.69, 9.17) is 17.1 Å². The zero-order valence-electron chi connectivity index (χ0n) is 31.3. The van der Waals surface area contributed by atoms with E-state index in [0.29, 0.717) is 22.4 Å². The minimum atomic E-state index is -0.583. The maximum absolute atomic E-state index is 9.39. The van der Waals surface area contributed by atoms with Crippen molar-refractivity contribution < 1.29 is 19.8 Å². The molecule has 0 radical (unpaired) electrons. The molecular weight excluding hydrogens is 472 g/mol. The van der Waals surface area contributed by atoms with Crippen molar-refractivity contribution in [2.45, 2.75) is 0 Å². The van der Waals surface area contributed by atoms with Crippen LogP contribution in [0.5, 0.6) is 11.5 Å². The predicted octanol–water partition coefficient (Wildman–Crippen LogP) is 10.9. The summed E-state index contributed by atoms with van der Waals surface area (Å²) < 4.78 is 104. The van der Waals surface area contributed by atoms with E-state index < -0.39 is 66.5 Å². The van der Waals surface area contributed by atoms with Gasteiger partial charge in [-0.15, -0.1) is 0 Å². The summed E-state index contributed by atoms with van der Waals surface area (Å²) in [5.74, 6) is 1.26. The van der Waals surface area contributed by atoms with Gasteiger partial charge in [-0.1, -0.05) is 109 Å². The third kappa shape index (κ3) is 2.85. The molecule has 8 aromatic carbocycles. The Morgan fingerprint density at radius 3 is 2.21 bits per heavy atom. The van der Waals surface area contributed by atoms with Crippen LogP contribution in [0.4, 0.5) is 0 Å². The molecule has 0 saturated heterocycles. The molecule has 1 nitrogen and oxygen atoms in total. The second-order valence-corrected chi connectivity index (χ2v) is 9.60. The lowest BCUT2D eigenvalue weighted by Gasteiger charge is -2.24. The second-order valence-electron chi connectivity index (χ2n) is 9.60. The Morgan fingerprint density at radius 2 is 1.26 bits per heavy atom. The molecule has 0 amide bonds. The molecule has 0 bridgehead atoms. The minimum absolute atomic E-state index is 0.0149. The van der Waals surface area contributed by atoms with Crippen molar-refractivity contribution in [3.63, 3.8) is 0 Å². The lowest BCUT2D eigenvalue weighted by molar-refractivity contribution is 0.493. The molecule has 1 heterocycles. The highest BCUT2D eigenvalue weighted by Crippen LogP contribution is 2.52. The normalized spacial score (nSPS) is 16.3. The van der Waals surface area contributed by atoms with Gasteiger partial charge >= 0.3 is 0 Å². The van der Waals surface area contributed by atoms with E-state index in [2.05, 4.69) is 0 Å². The number of rotatable bonds is 1. The van der Waals surface area contributed by atoms with Gasteiger partial charge < -0.3 is 4.74 Å². The van der Waals surface area contributed by atoms with Gasteiger partial charge in [-0.2, -0.15) is 0 Å². The molecule has 0 spiro atoms. The van der Waals surface area contributed by atoms with Crippen LogP contribution in [0.25, 0.3) is 76.1 Å². The van der Waals surface area contributed by atoms with E-state index in [0.717, 1.165) is 27.3 Å². The summed E-state index contributed by atoms with van der Waals surface area (Å²) in [5.41, 5.74) is 2.34. The molecule has 1 aliphatic heterocycles. The maximum Gasteiger partial charge on any atom is 0.143 e. The summed E-state index contributed by atoms with van der Waals surface area (Å²) in [6.45, 7) is 0. The van der Waals surface area contributed by atoms with Crippen molar-refractivity contribution in [1.82, 2.24) is 0 Å². The average Bonchev–Trinajstić information content (AvgIpc) is 3.12. The maximum atomic E-state index is 9.39. The second kappa shape index (κ2) is 7.69. The third-order valence-electron chi connectivity index (χ3n) is 7.59. The molecule has 0 atom stereocenters. The summed E-state index contributed by atoms with van der Waals surface area (Å²) in [6, 6.07) is 15.6. The SMILES string of the molecule is [2H]c1c([2H])c([2H])c2c([2H])c3c(c([2H])c([2H])c4c([2H])c([2H])c([2H])c([2H])c43)c(-c3ccc4c5c(cccc35)-c3ccc5ccccc5c3O4)c2c1[2H]. The van der Waals surface area contributed by atoms with E-state index in [1.54, 1.807) is 12.1 Å². The molecule has 0 aliphatic carbocycles. The van der Waals surface area contributed by atoms with Crippen molar-refractivity contribution in [3.8, 4) is 33.8 Å². The molecule has 1 aliphatic rings. The lowest BCUT2D eigenvalue weighted by Crippen LogP contribution is -1.99. The van der Waals surface area contributed by atoms with Crippen molar-refractivity contribution in [2.75, 3.05) is 0 Å². The molecule has 0 aromatic heterocycles. The fraction of sp³-hybridized carbons (Fsp3) is 0. The topological polar surface area (TPSA) is 9.23 Å².